The monoisotopic (exact) mass is 717 g/mol. The highest BCUT2D eigenvalue weighted by Crippen LogP contribution is 2.17. The summed E-state index contributed by atoms with van der Waals surface area (Å²) in [7, 11) is 0. The van der Waals surface area contributed by atoms with Crippen LogP contribution in [0.4, 0.5) is 0 Å². The van der Waals surface area contributed by atoms with E-state index in [2.05, 4.69) is 26.0 Å². The van der Waals surface area contributed by atoms with Crippen molar-refractivity contribution in [3.63, 3.8) is 0 Å². The molecule has 0 heterocycles. The van der Waals surface area contributed by atoms with Crippen molar-refractivity contribution in [1.82, 2.24) is 0 Å². The Balaban J connectivity index is 3.16. The Hall–Kier alpha value is -0.790. The number of esters is 1. The maximum absolute atomic E-state index is 12.0. The fraction of sp³-hybridized carbons (Fsp3) is 0.939. The van der Waals surface area contributed by atoms with Gasteiger partial charge in [0.1, 0.15) is 0 Å². The molecule has 0 aromatic rings. The predicted molar refractivity (Wildman–Crippen MR) is 230 cm³/mol. The second-order valence-corrected chi connectivity index (χ2v) is 16.5. The van der Waals surface area contributed by atoms with Crippen LogP contribution < -0.4 is 0 Å². The Morgan fingerprint density at radius 3 is 0.843 bits per heavy atom. The zero-order valence-electron chi connectivity index (χ0n) is 35.6. The second kappa shape index (κ2) is 47.2. The summed E-state index contributed by atoms with van der Waals surface area (Å²) in [4.78, 5) is 12.0. The molecule has 0 saturated heterocycles. The molecule has 0 amide bonds. The Morgan fingerprint density at radius 1 is 0.314 bits per heavy atom. The zero-order chi connectivity index (χ0) is 36.8. The summed E-state index contributed by atoms with van der Waals surface area (Å²) < 4.78 is 5.49. The number of unbranched alkanes of at least 4 members (excludes halogenated alkanes) is 39. The molecular formula is C49H96O2. The van der Waals surface area contributed by atoms with Crippen LogP contribution in [0.15, 0.2) is 12.2 Å². The van der Waals surface area contributed by atoms with E-state index in [1.807, 2.05) is 0 Å². The van der Waals surface area contributed by atoms with E-state index in [0.29, 0.717) is 13.0 Å². The summed E-state index contributed by atoms with van der Waals surface area (Å²) in [5.74, 6) is 0.0297. The van der Waals surface area contributed by atoms with Crippen LogP contribution in [0.2, 0.25) is 0 Å². The molecule has 2 nitrogen and oxygen atoms in total. The van der Waals surface area contributed by atoms with Gasteiger partial charge in [-0.25, -0.2) is 0 Å². The summed E-state index contributed by atoms with van der Waals surface area (Å²) in [6.07, 6.45) is 63.4. The first-order chi connectivity index (χ1) is 25.3. The average Bonchev–Trinajstić information content (AvgIpc) is 3.14. The molecule has 0 aliphatic rings. The smallest absolute Gasteiger partial charge is 0.305 e. The van der Waals surface area contributed by atoms with Gasteiger partial charge in [0.15, 0.2) is 0 Å². The van der Waals surface area contributed by atoms with Crippen molar-refractivity contribution in [2.45, 2.75) is 290 Å². The van der Waals surface area contributed by atoms with Gasteiger partial charge in [0, 0.05) is 6.42 Å². The fourth-order valence-electron chi connectivity index (χ4n) is 7.55. The topological polar surface area (TPSA) is 26.3 Å². The molecule has 0 atom stereocenters. The third kappa shape index (κ3) is 47.2. The van der Waals surface area contributed by atoms with Crippen molar-refractivity contribution in [3.8, 4) is 0 Å². The highest BCUT2D eigenvalue weighted by molar-refractivity contribution is 5.69. The van der Waals surface area contributed by atoms with Crippen LogP contribution in [0, 0.1) is 0 Å². The van der Waals surface area contributed by atoms with Crippen molar-refractivity contribution >= 4 is 5.97 Å². The Bertz CT molecular complexity index is 655. The van der Waals surface area contributed by atoms with Gasteiger partial charge in [0.25, 0.3) is 0 Å². The normalized spacial score (nSPS) is 11.6. The number of ether oxygens (including phenoxy) is 1. The van der Waals surface area contributed by atoms with Gasteiger partial charge < -0.3 is 4.74 Å². The van der Waals surface area contributed by atoms with Crippen LogP contribution in [-0.2, 0) is 9.53 Å². The number of hydrogen-bond donors (Lipinski definition) is 0. The van der Waals surface area contributed by atoms with Crippen LogP contribution >= 0.6 is 0 Å². The molecule has 0 fully saturated rings. The molecule has 2 heteroatoms. The van der Waals surface area contributed by atoms with E-state index in [9.17, 15) is 4.79 Å². The van der Waals surface area contributed by atoms with Gasteiger partial charge in [0.2, 0.25) is 0 Å². The maximum atomic E-state index is 12.0. The minimum Gasteiger partial charge on any atom is -0.466 e. The molecular weight excluding hydrogens is 621 g/mol. The van der Waals surface area contributed by atoms with E-state index in [0.717, 1.165) is 12.8 Å². The van der Waals surface area contributed by atoms with Crippen molar-refractivity contribution in [2.24, 2.45) is 0 Å². The molecule has 0 aliphatic carbocycles. The zero-order valence-corrected chi connectivity index (χ0v) is 35.6. The molecule has 304 valence electrons. The largest absolute Gasteiger partial charge is 0.466 e. The summed E-state index contributed by atoms with van der Waals surface area (Å²) in [5, 5.41) is 0. The van der Waals surface area contributed by atoms with Crippen LogP contribution in [0.1, 0.15) is 290 Å². The van der Waals surface area contributed by atoms with E-state index in [4.69, 9.17) is 4.74 Å². The van der Waals surface area contributed by atoms with Crippen LogP contribution in [0.25, 0.3) is 0 Å². The molecule has 0 N–H and O–H groups in total. The minimum absolute atomic E-state index is 0.0297. The molecule has 0 rings (SSSR count). The van der Waals surface area contributed by atoms with E-state index in [1.54, 1.807) is 0 Å². The summed E-state index contributed by atoms with van der Waals surface area (Å²) in [6.45, 7) is 5.22. The van der Waals surface area contributed by atoms with Crippen molar-refractivity contribution in [3.05, 3.63) is 12.2 Å². The third-order valence-electron chi connectivity index (χ3n) is 11.2. The molecule has 0 unspecified atom stereocenters. The van der Waals surface area contributed by atoms with Crippen molar-refractivity contribution in [2.75, 3.05) is 6.61 Å². The lowest BCUT2D eigenvalue weighted by Gasteiger charge is -2.06. The van der Waals surface area contributed by atoms with Crippen LogP contribution in [-0.4, -0.2) is 12.6 Å². The first-order valence-electron chi connectivity index (χ1n) is 24.1. The van der Waals surface area contributed by atoms with Crippen LogP contribution in [0.5, 0.6) is 0 Å². The Morgan fingerprint density at radius 2 is 0.549 bits per heavy atom. The van der Waals surface area contributed by atoms with E-state index in [1.165, 1.54) is 257 Å². The Labute approximate surface area is 323 Å². The standard InChI is InChI=1S/C49H96O2/c1-3-5-7-9-11-13-15-17-19-21-23-25-26-28-30-32-34-36-38-40-42-44-46-48-51-49(50)47-45-43-41-39-37-35-33-31-29-27-24-22-20-18-16-14-12-10-8-6-4-2/h18,20H,3-17,19,21-48H2,1-2H3. The first kappa shape index (κ1) is 50.2. The minimum atomic E-state index is 0.0297. The van der Waals surface area contributed by atoms with Gasteiger partial charge in [0.05, 0.1) is 6.61 Å². The molecule has 0 aliphatic heterocycles. The van der Waals surface area contributed by atoms with E-state index >= 15 is 0 Å². The number of carbonyl (C=O) groups is 1. The molecule has 0 radical (unpaired) electrons. The average molecular weight is 717 g/mol. The fourth-order valence-corrected chi connectivity index (χ4v) is 7.55. The van der Waals surface area contributed by atoms with Gasteiger partial charge in [-0.15, -0.1) is 0 Å². The lowest BCUT2D eigenvalue weighted by atomic mass is 10.0. The third-order valence-corrected chi connectivity index (χ3v) is 11.2. The predicted octanol–water partition coefficient (Wildman–Crippen LogP) is 17.9. The summed E-state index contributed by atoms with van der Waals surface area (Å²) >= 11 is 0. The lowest BCUT2D eigenvalue weighted by molar-refractivity contribution is -0.143. The number of carbonyl (C=O) groups excluding carboxylic acids is 1. The molecule has 0 bridgehead atoms. The molecule has 51 heavy (non-hydrogen) atoms. The quantitative estimate of drug-likeness (QED) is 0.0356. The number of allylic oxidation sites excluding steroid dienone is 2. The first-order valence-corrected chi connectivity index (χ1v) is 24.1. The van der Waals surface area contributed by atoms with E-state index < -0.39 is 0 Å². The van der Waals surface area contributed by atoms with E-state index in [-0.39, 0.29) is 5.97 Å². The van der Waals surface area contributed by atoms with Gasteiger partial charge in [-0.3, -0.25) is 4.79 Å². The molecule has 0 saturated carbocycles. The van der Waals surface area contributed by atoms with Gasteiger partial charge in [-0.2, -0.15) is 0 Å². The number of hydrogen-bond acceptors (Lipinski definition) is 2. The Kier molecular flexibility index (Phi) is 46.5. The van der Waals surface area contributed by atoms with Crippen molar-refractivity contribution in [1.29, 1.82) is 0 Å². The second-order valence-electron chi connectivity index (χ2n) is 16.5. The highest BCUT2D eigenvalue weighted by Gasteiger charge is 2.03. The SMILES string of the molecule is CCCCCCCCC=CCCCCCCCCCCCCCC(=O)OCCCCCCCCCCCCCCCCCCCCCCCCC. The van der Waals surface area contributed by atoms with Crippen LogP contribution in [0.3, 0.4) is 0 Å². The summed E-state index contributed by atoms with van der Waals surface area (Å²) in [6, 6.07) is 0. The van der Waals surface area contributed by atoms with Gasteiger partial charge in [-0.1, -0.05) is 257 Å². The molecule has 0 aromatic heterocycles. The lowest BCUT2D eigenvalue weighted by Crippen LogP contribution is -2.05. The summed E-state index contributed by atoms with van der Waals surface area (Å²) in [5.41, 5.74) is 0. The highest BCUT2D eigenvalue weighted by atomic mass is 16.5. The van der Waals surface area contributed by atoms with Gasteiger partial charge >= 0.3 is 5.97 Å². The van der Waals surface area contributed by atoms with Crippen molar-refractivity contribution < 1.29 is 9.53 Å². The maximum Gasteiger partial charge on any atom is 0.305 e. The number of rotatable bonds is 45. The molecule has 0 aromatic carbocycles. The van der Waals surface area contributed by atoms with Gasteiger partial charge in [-0.05, 0) is 38.5 Å². The molecule has 0 spiro atoms.